The lowest BCUT2D eigenvalue weighted by Gasteiger charge is -2.26. The van der Waals surface area contributed by atoms with Crippen LogP contribution in [-0.4, -0.2) is 11.8 Å². The molecule has 1 aromatic carbocycles. The molecule has 0 heterocycles. The summed E-state index contributed by atoms with van der Waals surface area (Å²) in [6, 6.07) is 8.01. The fourth-order valence-electron chi connectivity index (χ4n) is 4.07. The molecule has 0 radical (unpaired) electrons. The van der Waals surface area contributed by atoms with E-state index in [2.05, 4.69) is 0 Å². The molecule has 0 saturated heterocycles. The third-order valence-electron chi connectivity index (χ3n) is 5.42. The molecule has 1 aromatic rings. The van der Waals surface area contributed by atoms with E-state index in [1.54, 1.807) is 0 Å². The molecule has 2 aliphatic rings. The number of Topliss-reactive ketones (excluding diaryl/α,β-unsaturated/α-hetero) is 1. The molecule has 2 fully saturated rings. The first-order valence-electron chi connectivity index (χ1n) is 8.86. The lowest BCUT2D eigenvalue weighted by atomic mass is 9.77. The van der Waals surface area contributed by atoms with Crippen molar-refractivity contribution in [3.8, 4) is 0 Å². The van der Waals surface area contributed by atoms with Crippen molar-refractivity contribution < 1.29 is 14.3 Å². The van der Waals surface area contributed by atoms with Crippen LogP contribution in [-0.2, 0) is 20.9 Å². The predicted molar refractivity (Wildman–Crippen MR) is 88.8 cm³/mol. The van der Waals surface area contributed by atoms with Crippen molar-refractivity contribution in [2.45, 2.75) is 58.5 Å². The maximum absolute atomic E-state index is 12.3. The van der Waals surface area contributed by atoms with Gasteiger partial charge in [-0.2, -0.15) is 0 Å². The molecule has 3 heteroatoms. The molecular formula is C20H26O3. The lowest BCUT2D eigenvalue weighted by Crippen LogP contribution is -2.27. The SMILES string of the molecule is Cc1ccc(COC(=O)CCCC2CC3CCC(C3)C2=O)cc1. The normalized spacial score (nSPS) is 26.3. The van der Waals surface area contributed by atoms with E-state index in [0.29, 0.717) is 24.7 Å². The molecule has 3 rings (SSSR count). The third-order valence-corrected chi connectivity index (χ3v) is 5.42. The van der Waals surface area contributed by atoms with E-state index in [1.165, 1.54) is 12.0 Å². The van der Waals surface area contributed by atoms with Crippen LogP contribution in [0.2, 0.25) is 0 Å². The second-order valence-corrected chi connectivity index (χ2v) is 7.25. The van der Waals surface area contributed by atoms with Crippen molar-refractivity contribution >= 4 is 11.8 Å². The van der Waals surface area contributed by atoms with Gasteiger partial charge in [-0.25, -0.2) is 0 Å². The quantitative estimate of drug-likeness (QED) is 0.739. The maximum Gasteiger partial charge on any atom is 0.306 e. The Labute approximate surface area is 138 Å². The Hall–Kier alpha value is -1.64. The number of carbonyl (C=O) groups is 2. The van der Waals surface area contributed by atoms with Crippen molar-refractivity contribution in [3.05, 3.63) is 35.4 Å². The van der Waals surface area contributed by atoms with Gasteiger partial charge in [0.25, 0.3) is 0 Å². The summed E-state index contributed by atoms with van der Waals surface area (Å²) in [6.07, 6.45) is 6.53. The number of rotatable bonds is 6. The number of fused-ring (bicyclic) bond motifs is 2. The van der Waals surface area contributed by atoms with E-state index in [4.69, 9.17) is 4.74 Å². The van der Waals surface area contributed by atoms with Crippen molar-refractivity contribution in [1.82, 2.24) is 0 Å². The van der Waals surface area contributed by atoms with Crippen LogP contribution in [0.1, 0.15) is 56.1 Å². The highest BCUT2D eigenvalue weighted by Gasteiger charge is 2.40. The summed E-state index contributed by atoms with van der Waals surface area (Å²) in [7, 11) is 0. The first kappa shape index (κ1) is 16.2. The van der Waals surface area contributed by atoms with Crippen LogP contribution in [0.3, 0.4) is 0 Å². The molecular weight excluding hydrogens is 288 g/mol. The van der Waals surface area contributed by atoms with Crippen molar-refractivity contribution in [3.63, 3.8) is 0 Å². The zero-order valence-electron chi connectivity index (χ0n) is 13.9. The van der Waals surface area contributed by atoms with Crippen LogP contribution in [0.4, 0.5) is 0 Å². The molecule has 3 unspecified atom stereocenters. The number of ketones is 1. The van der Waals surface area contributed by atoms with Gasteiger partial charge in [0.2, 0.25) is 0 Å². The summed E-state index contributed by atoms with van der Waals surface area (Å²) in [5.74, 6) is 1.60. The molecule has 3 nitrogen and oxygen atoms in total. The van der Waals surface area contributed by atoms with Gasteiger partial charge in [-0.15, -0.1) is 0 Å². The lowest BCUT2D eigenvalue weighted by molar-refractivity contribution is -0.145. The van der Waals surface area contributed by atoms with Gasteiger partial charge in [-0.3, -0.25) is 9.59 Å². The Bertz CT molecular complexity index is 561. The van der Waals surface area contributed by atoms with E-state index in [-0.39, 0.29) is 11.9 Å². The zero-order chi connectivity index (χ0) is 16.2. The molecule has 23 heavy (non-hydrogen) atoms. The van der Waals surface area contributed by atoms with Gasteiger partial charge < -0.3 is 4.74 Å². The molecule has 2 aliphatic carbocycles. The summed E-state index contributed by atoms with van der Waals surface area (Å²) < 4.78 is 5.31. The first-order valence-corrected chi connectivity index (χ1v) is 8.86. The Morgan fingerprint density at radius 3 is 2.74 bits per heavy atom. The standard InChI is InChI=1S/C20H26O3/c1-14-5-7-15(8-6-14)13-23-19(21)4-2-3-17-11-16-9-10-18(12-16)20(17)22/h5-8,16-18H,2-4,9-13H2,1H3. The minimum Gasteiger partial charge on any atom is -0.461 e. The van der Waals surface area contributed by atoms with Gasteiger partial charge in [0, 0.05) is 18.3 Å². The molecule has 124 valence electrons. The smallest absolute Gasteiger partial charge is 0.306 e. The van der Waals surface area contributed by atoms with Crippen LogP contribution in [0.25, 0.3) is 0 Å². The van der Waals surface area contributed by atoms with E-state index < -0.39 is 0 Å². The summed E-state index contributed by atoms with van der Waals surface area (Å²) in [5.41, 5.74) is 2.22. The average molecular weight is 314 g/mol. The van der Waals surface area contributed by atoms with Crippen molar-refractivity contribution in [1.29, 1.82) is 0 Å². The fourth-order valence-corrected chi connectivity index (χ4v) is 4.07. The topological polar surface area (TPSA) is 43.4 Å². The number of hydrogen-bond donors (Lipinski definition) is 0. The average Bonchev–Trinajstić information content (AvgIpc) is 2.95. The molecule has 2 bridgehead atoms. The highest BCUT2D eigenvalue weighted by Crippen LogP contribution is 2.43. The Morgan fingerprint density at radius 1 is 1.17 bits per heavy atom. The second-order valence-electron chi connectivity index (χ2n) is 7.25. The minimum atomic E-state index is -0.156. The summed E-state index contributed by atoms with van der Waals surface area (Å²) >= 11 is 0. The van der Waals surface area contributed by atoms with Crippen molar-refractivity contribution in [2.75, 3.05) is 0 Å². The molecule has 3 atom stereocenters. The Kier molecular flexibility index (Phi) is 5.14. The molecule has 0 amide bonds. The van der Waals surface area contributed by atoms with Gasteiger partial charge >= 0.3 is 5.97 Å². The molecule has 0 aromatic heterocycles. The van der Waals surface area contributed by atoms with Crippen LogP contribution in [0, 0.1) is 24.7 Å². The number of ether oxygens (including phenoxy) is 1. The summed E-state index contributed by atoms with van der Waals surface area (Å²) in [6.45, 7) is 2.38. The highest BCUT2D eigenvalue weighted by molar-refractivity contribution is 5.84. The second kappa shape index (κ2) is 7.29. The Balaban J connectivity index is 1.36. The molecule has 0 aliphatic heterocycles. The van der Waals surface area contributed by atoms with E-state index in [0.717, 1.165) is 43.6 Å². The molecule has 0 spiro atoms. The Morgan fingerprint density at radius 2 is 1.96 bits per heavy atom. The van der Waals surface area contributed by atoms with E-state index in [1.807, 2.05) is 31.2 Å². The fraction of sp³-hybridized carbons (Fsp3) is 0.600. The number of esters is 1. The van der Waals surface area contributed by atoms with Gasteiger partial charge in [-0.05, 0) is 56.9 Å². The van der Waals surface area contributed by atoms with E-state index in [9.17, 15) is 9.59 Å². The van der Waals surface area contributed by atoms with Gasteiger partial charge in [-0.1, -0.05) is 29.8 Å². The molecule has 2 saturated carbocycles. The number of hydrogen-bond acceptors (Lipinski definition) is 3. The number of aryl methyl sites for hydroxylation is 1. The van der Waals surface area contributed by atoms with E-state index >= 15 is 0 Å². The monoisotopic (exact) mass is 314 g/mol. The van der Waals surface area contributed by atoms with Crippen molar-refractivity contribution in [2.24, 2.45) is 17.8 Å². The van der Waals surface area contributed by atoms with Gasteiger partial charge in [0.15, 0.2) is 0 Å². The predicted octanol–water partition coefficient (Wildman–Crippen LogP) is 4.21. The van der Waals surface area contributed by atoms with Crippen LogP contribution in [0.5, 0.6) is 0 Å². The number of carbonyl (C=O) groups excluding carboxylic acids is 2. The minimum absolute atomic E-state index is 0.156. The van der Waals surface area contributed by atoms with Crippen LogP contribution < -0.4 is 0 Å². The first-order chi connectivity index (χ1) is 11.1. The highest BCUT2D eigenvalue weighted by atomic mass is 16.5. The summed E-state index contributed by atoms with van der Waals surface area (Å²) in [5, 5.41) is 0. The summed E-state index contributed by atoms with van der Waals surface area (Å²) in [4.78, 5) is 24.1. The van der Waals surface area contributed by atoms with Gasteiger partial charge in [0.05, 0.1) is 0 Å². The zero-order valence-corrected chi connectivity index (χ0v) is 13.9. The maximum atomic E-state index is 12.3. The third kappa shape index (κ3) is 4.21. The molecule has 0 N–H and O–H groups in total. The number of benzene rings is 1. The largest absolute Gasteiger partial charge is 0.461 e. The van der Waals surface area contributed by atoms with Crippen LogP contribution in [0.15, 0.2) is 24.3 Å². The van der Waals surface area contributed by atoms with Crippen LogP contribution >= 0.6 is 0 Å². The van der Waals surface area contributed by atoms with Gasteiger partial charge in [0.1, 0.15) is 12.4 Å².